The van der Waals surface area contributed by atoms with Crippen molar-refractivity contribution in [2.24, 2.45) is 35.0 Å². The summed E-state index contributed by atoms with van der Waals surface area (Å²) in [6.45, 7) is 6.94. The number of terminal acetylenes is 1. The van der Waals surface area contributed by atoms with Crippen molar-refractivity contribution in [2.75, 3.05) is 7.11 Å². The normalized spacial score (nSPS) is 42.7. The molecule has 0 N–H and O–H groups in total. The molecule has 0 aromatic carbocycles. The van der Waals surface area contributed by atoms with Crippen LogP contribution in [0.5, 0.6) is 0 Å². The van der Waals surface area contributed by atoms with Crippen LogP contribution in [-0.4, -0.2) is 13.1 Å². The van der Waals surface area contributed by atoms with E-state index in [0.717, 1.165) is 35.0 Å². The van der Waals surface area contributed by atoms with E-state index in [9.17, 15) is 4.79 Å². The van der Waals surface area contributed by atoms with E-state index in [1.54, 1.807) is 30.8 Å². The lowest BCUT2D eigenvalue weighted by molar-refractivity contribution is -0.133. The van der Waals surface area contributed by atoms with E-state index in [0.29, 0.717) is 0 Å². The Morgan fingerprint density at radius 1 is 1.25 bits per heavy atom. The van der Waals surface area contributed by atoms with Crippen molar-refractivity contribution in [3.63, 3.8) is 0 Å². The number of esters is 1. The van der Waals surface area contributed by atoms with Gasteiger partial charge in [-0.25, -0.2) is 4.79 Å². The molecule has 0 amide bonds. The van der Waals surface area contributed by atoms with Gasteiger partial charge in [0.2, 0.25) is 0 Å². The summed E-state index contributed by atoms with van der Waals surface area (Å²) in [6, 6.07) is 0. The molecule has 2 bridgehead atoms. The maximum atomic E-state index is 9.72. The Hall–Kier alpha value is -1.23. The van der Waals surface area contributed by atoms with E-state index in [1.165, 1.54) is 45.6 Å². The third-order valence-electron chi connectivity index (χ3n) is 7.70. The number of ether oxygens (including phenoxy) is 1. The summed E-state index contributed by atoms with van der Waals surface area (Å²) < 4.78 is 4.02. The van der Waals surface area contributed by atoms with Gasteiger partial charge >= 0.3 is 5.97 Å². The summed E-state index contributed by atoms with van der Waals surface area (Å²) in [7, 11) is 1.24. The van der Waals surface area contributed by atoms with Gasteiger partial charge in [0.05, 0.1) is 7.11 Å². The van der Waals surface area contributed by atoms with Crippen LogP contribution in [-0.2, 0) is 9.53 Å². The summed E-state index contributed by atoms with van der Waals surface area (Å²) in [5.74, 6) is 6.31. The number of methoxy groups -OCH3 is 1. The minimum absolute atomic E-state index is 0.630. The van der Waals surface area contributed by atoms with E-state index >= 15 is 0 Å². The Kier molecular flexibility index (Phi) is 5.09. The molecule has 4 aliphatic rings. The monoisotopic (exact) mass is 328 g/mol. The fraction of sp³-hybridized carbons (Fsp3) is 0.773. The zero-order valence-electron chi connectivity index (χ0n) is 15.4. The molecule has 4 saturated carbocycles. The molecule has 1 spiro atoms. The molecule has 0 saturated heterocycles. The molecule has 0 aliphatic heterocycles. The molecule has 2 nitrogen and oxygen atoms in total. The highest BCUT2D eigenvalue weighted by atomic mass is 16.5. The van der Waals surface area contributed by atoms with Gasteiger partial charge in [-0.1, -0.05) is 31.9 Å². The van der Waals surface area contributed by atoms with Gasteiger partial charge in [0.25, 0.3) is 0 Å². The lowest BCUT2D eigenvalue weighted by Crippen LogP contribution is -2.46. The van der Waals surface area contributed by atoms with E-state index in [-0.39, 0.29) is 0 Å². The number of hydrogen-bond donors (Lipinski definition) is 0. The Morgan fingerprint density at radius 2 is 2.04 bits per heavy atom. The van der Waals surface area contributed by atoms with Gasteiger partial charge in [-0.3, -0.25) is 0 Å². The molecule has 132 valence electrons. The van der Waals surface area contributed by atoms with Gasteiger partial charge < -0.3 is 4.74 Å². The molecule has 24 heavy (non-hydrogen) atoms. The van der Waals surface area contributed by atoms with Crippen molar-refractivity contribution >= 4 is 5.97 Å². The highest BCUT2D eigenvalue weighted by Gasteiger charge is 2.56. The summed E-state index contributed by atoms with van der Waals surface area (Å²) in [6.07, 6.45) is 18.2. The van der Waals surface area contributed by atoms with Crippen LogP contribution in [0.4, 0.5) is 0 Å². The number of allylic oxidation sites excluding steroid dienone is 1. The molecule has 0 heterocycles. The molecule has 0 radical (unpaired) electrons. The topological polar surface area (TPSA) is 26.3 Å². The number of fused-ring (bicyclic) bond motifs is 3. The Bertz CT molecular complexity index is 543. The van der Waals surface area contributed by atoms with Gasteiger partial charge in [0, 0.05) is 5.92 Å². The number of hydrogen-bond acceptors (Lipinski definition) is 2. The van der Waals surface area contributed by atoms with Crippen molar-refractivity contribution in [3.05, 3.63) is 12.2 Å². The molecule has 0 aromatic heterocycles. The molecule has 2 heteroatoms. The van der Waals surface area contributed by atoms with Crippen LogP contribution in [0.15, 0.2) is 12.2 Å². The van der Waals surface area contributed by atoms with Crippen LogP contribution in [0.3, 0.4) is 0 Å². The second-order valence-corrected chi connectivity index (χ2v) is 8.69. The smallest absolute Gasteiger partial charge is 0.383 e. The van der Waals surface area contributed by atoms with Gasteiger partial charge in [-0.15, -0.1) is 6.42 Å². The van der Waals surface area contributed by atoms with Crippen LogP contribution in [0.1, 0.15) is 64.7 Å². The summed E-state index contributed by atoms with van der Waals surface area (Å²) in [5, 5.41) is 0. The van der Waals surface area contributed by atoms with Crippen molar-refractivity contribution in [3.8, 4) is 12.3 Å². The van der Waals surface area contributed by atoms with Crippen LogP contribution in [0.25, 0.3) is 0 Å². The first-order valence-corrected chi connectivity index (χ1v) is 9.73. The lowest BCUT2D eigenvalue weighted by atomic mass is 9.50. The molecular formula is C22H32O2. The van der Waals surface area contributed by atoms with Gasteiger partial charge in [-0.2, -0.15) is 0 Å². The van der Waals surface area contributed by atoms with E-state index in [2.05, 4.69) is 24.7 Å². The first-order chi connectivity index (χ1) is 11.5. The van der Waals surface area contributed by atoms with Gasteiger partial charge in [0.1, 0.15) is 0 Å². The van der Waals surface area contributed by atoms with Crippen molar-refractivity contribution in [2.45, 2.75) is 64.7 Å². The molecule has 4 aliphatic carbocycles. The number of carbonyl (C=O) groups is 1. The molecule has 5 unspecified atom stereocenters. The largest absolute Gasteiger partial charge is 0.459 e. The van der Waals surface area contributed by atoms with Crippen molar-refractivity contribution < 1.29 is 9.53 Å². The first-order valence-electron chi connectivity index (χ1n) is 9.73. The molecule has 6 atom stereocenters. The average Bonchev–Trinajstić information content (AvgIpc) is 2.83. The van der Waals surface area contributed by atoms with Gasteiger partial charge in [-0.05, 0) is 80.0 Å². The lowest BCUT2D eigenvalue weighted by Gasteiger charge is -2.55. The number of carbonyl (C=O) groups excluding carboxylic acids is 1. The van der Waals surface area contributed by atoms with Crippen LogP contribution >= 0.6 is 0 Å². The Morgan fingerprint density at radius 3 is 2.71 bits per heavy atom. The molecule has 4 fully saturated rings. The van der Waals surface area contributed by atoms with Crippen molar-refractivity contribution in [1.29, 1.82) is 0 Å². The van der Waals surface area contributed by atoms with E-state index < -0.39 is 5.97 Å². The maximum Gasteiger partial charge on any atom is 0.383 e. The van der Waals surface area contributed by atoms with Gasteiger partial charge in [0.15, 0.2) is 0 Å². The summed E-state index contributed by atoms with van der Waals surface area (Å²) in [4.78, 5) is 9.72. The fourth-order valence-corrected chi connectivity index (χ4v) is 6.66. The third kappa shape index (κ3) is 3.03. The standard InChI is InChI=1S/C18H28.C4H4O2/c1-12-4-3-5-16-15(12)8-9-18-10-13(2)14(11-18)6-7-17(16)18;1-3-4(5)6-2/h12,14-17H,2-11H2,1H3;1H,2H3/t12?,14-,15?,16?,17?,18?;/m1./s1. The van der Waals surface area contributed by atoms with Crippen LogP contribution in [0, 0.1) is 47.3 Å². The third-order valence-corrected chi connectivity index (χ3v) is 7.70. The van der Waals surface area contributed by atoms with Crippen LogP contribution in [0.2, 0.25) is 0 Å². The maximum absolute atomic E-state index is 9.72. The predicted octanol–water partition coefficient (Wildman–Crippen LogP) is 4.99. The SMILES string of the molecule is C#CC(=O)OC.C=C1CC23CCC4C(C)CCCC4C2CC[C@@H]1C3. The molecule has 0 aromatic rings. The highest BCUT2D eigenvalue weighted by Crippen LogP contribution is 2.66. The zero-order valence-corrected chi connectivity index (χ0v) is 15.4. The first kappa shape index (κ1) is 17.6. The number of rotatable bonds is 0. The second-order valence-electron chi connectivity index (χ2n) is 8.69. The van der Waals surface area contributed by atoms with E-state index in [4.69, 9.17) is 0 Å². The Labute approximate surface area is 147 Å². The predicted molar refractivity (Wildman–Crippen MR) is 97.1 cm³/mol. The average molecular weight is 328 g/mol. The summed E-state index contributed by atoms with van der Waals surface area (Å²) in [5.41, 5.74) is 2.36. The summed E-state index contributed by atoms with van der Waals surface area (Å²) >= 11 is 0. The quantitative estimate of drug-likeness (QED) is 0.271. The Balaban J connectivity index is 0.000000246. The minimum Gasteiger partial charge on any atom is -0.459 e. The highest BCUT2D eigenvalue weighted by molar-refractivity contribution is 5.87. The minimum atomic E-state index is -0.630. The van der Waals surface area contributed by atoms with Crippen LogP contribution < -0.4 is 0 Å². The fourth-order valence-electron chi connectivity index (χ4n) is 6.66. The molecule has 4 rings (SSSR count). The molecular weight excluding hydrogens is 296 g/mol. The van der Waals surface area contributed by atoms with Crippen molar-refractivity contribution in [1.82, 2.24) is 0 Å². The zero-order chi connectivity index (χ0) is 17.3. The second kappa shape index (κ2) is 6.95. The van der Waals surface area contributed by atoms with E-state index in [1.807, 2.05) is 0 Å².